The molecule has 3 nitrogen and oxygen atoms in total. The van der Waals surface area contributed by atoms with Gasteiger partial charge in [0.2, 0.25) is 0 Å². The minimum Gasteiger partial charge on any atom is -0.456 e. The van der Waals surface area contributed by atoms with Crippen molar-refractivity contribution in [3.8, 4) is 22.4 Å². The number of furan rings is 1. The summed E-state index contributed by atoms with van der Waals surface area (Å²) in [6.07, 6.45) is 1.94. The smallest absolute Gasteiger partial charge is 0.137 e. The van der Waals surface area contributed by atoms with Crippen molar-refractivity contribution in [2.45, 2.75) is 0 Å². The van der Waals surface area contributed by atoms with E-state index in [1.165, 1.54) is 42.1 Å². The van der Waals surface area contributed by atoms with Gasteiger partial charge in [-0.15, -0.1) is 11.3 Å². The SMILES string of the molecule is c1ccc(-c2ccc(N(c3ccc(-c4nccc5c4sc4cc6ccccc6cc45)cc3)c3cccc4oc5ccccc5c34)cc2)cc1. The van der Waals surface area contributed by atoms with Gasteiger partial charge in [-0.2, -0.15) is 0 Å². The van der Waals surface area contributed by atoms with Gasteiger partial charge in [-0.05, 0) is 82.6 Å². The van der Waals surface area contributed by atoms with E-state index < -0.39 is 0 Å². The first kappa shape index (κ1) is 27.8. The zero-order chi connectivity index (χ0) is 32.3. The van der Waals surface area contributed by atoms with Crippen molar-refractivity contribution in [1.29, 1.82) is 0 Å². The van der Waals surface area contributed by atoms with Crippen LogP contribution >= 0.6 is 11.3 Å². The molecule has 0 radical (unpaired) electrons. The van der Waals surface area contributed by atoms with Gasteiger partial charge >= 0.3 is 0 Å². The lowest BCUT2D eigenvalue weighted by molar-refractivity contribution is 0.669. The van der Waals surface area contributed by atoms with E-state index in [1.807, 2.05) is 29.7 Å². The molecule has 0 saturated carbocycles. The fourth-order valence-corrected chi connectivity index (χ4v) is 8.40. The number of pyridine rings is 1. The summed E-state index contributed by atoms with van der Waals surface area (Å²) in [5, 5.41) is 7.25. The predicted octanol–water partition coefficient (Wildman–Crippen LogP) is 13.3. The molecule has 3 heterocycles. The maximum Gasteiger partial charge on any atom is 0.137 e. The van der Waals surface area contributed by atoms with Crippen LogP contribution in [-0.4, -0.2) is 4.98 Å². The third-order valence-electron chi connectivity index (χ3n) is 9.51. The first-order chi connectivity index (χ1) is 24.3. The highest BCUT2D eigenvalue weighted by atomic mass is 32.1. The average molecular weight is 645 g/mol. The predicted molar refractivity (Wildman–Crippen MR) is 207 cm³/mol. The zero-order valence-corrected chi connectivity index (χ0v) is 27.2. The lowest BCUT2D eigenvalue weighted by atomic mass is 10.0. The Labute approximate surface area is 286 Å². The van der Waals surface area contributed by atoms with Gasteiger partial charge in [0.05, 0.1) is 21.5 Å². The molecule has 0 saturated heterocycles. The Kier molecular flexibility index (Phi) is 6.36. The van der Waals surface area contributed by atoms with Crippen LogP contribution in [0.15, 0.2) is 174 Å². The number of thiophene rings is 1. The number of fused-ring (bicyclic) bond motifs is 7. The fraction of sp³-hybridized carbons (Fsp3) is 0. The molecule has 0 aliphatic heterocycles. The van der Waals surface area contributed by atoms with Gasteiger partial charge < -0.3 is 9.32 Å². The average Bonchev–Trinajstić information content (AvgIpc) is 3.73. The highest BCUT2D eigenvalue weighted by Gasteiger charge is 2.20. The molecule has 0 aliphatic carbocycles. The van der Waals surface area contributed by atoms with Gasteiger partial charge in [0, 0.05) is 44.0 Å². The molecule has 10 rings (SSSR count). The van der Waals surface area contributed by atoms with Crippen molar-refractivity contribution in [1.82, 2.24) is 4.98 Å². The van der Waals surface area contributed by atoms with Gasteiger partial charge in [-0.3, -0.25) is 4.98 Å². The van der Waals surface area contributed by atoms with Crippen LogP contribution in [0.3, 0.4) is 0 Å². The molecule has 0 fully saturated rings. The van der Waals surface area contributed by atoms with E-state index in [-0.39, 0.29) is 0 Å². The lowest BCUT2D eigenvalue weighted by Crippen LogP contribution is -2.10. The van der Waals surface area contributed by atoms with Crippen LogP contribution in [0.25, 0.3) is 75.3 Å². The summed E-state index contributed by atoms with van der Waals surface area (Å²) >= 11 is 1.82. The molecule has 49 heavy (non-hydrogen) atoms. The number of benzene rings is 7. The van der Waals surface area contributed by atoms with Crippen LogP contribution in [0.2, 0.25) is 0 Å². The number of para-hydroxylation sites is 1. The largest absolute Gasteiger partial charge is 0.456 e. The lowest BCUT2D eigenvalue weighted by Gasteiger charge is -2.26. The van der Waals surface area contributed by atoms with E-state index in [2.05, 4.69) is 157 Å². The molecular weight excluding hydrogens is 617 g/mol. The zero-order valence-electron chi connectivity index (χ0n) is 26.4. The summed E-state index contributed by atoms with van der Waals surface area (Å²) in [4.78, 5) is 7.26. The summed E-state index contributed by atoms with van der Waals surface area (Å²) in [7, 11) is 0. The molecule has 0 spiro atoms. The van der Waals surface area contributed by atoms with Gasteiger partial charge in [0.1, 0.15) is 11.2 Å². The maximum absolute atomic E-state index is 6.33. The van der Waals surface area contributed by atoms with Gasteiger partial charge in [0.25, 0.3) is 0 Å². The number of hydrogen-bond acceptors (Lipinski definition) is 4. The molecule has 0 bridgehead atoms. The van der Waals surface area contributed by atoms with Crippen molar-refractivity contribution < 1.29 is 4.42 Å². The Morgan fingerprint density at radius 2 is 1.14 bits per heavy atom. The first-order valence-electron chi connectivity index (χ1n) is 16.4. The molecule has 0 amide bonds. The minimum absolute atomic E-state index is 0.870. The van der Waals surface area contributed by atoms with E-state index >= 15 is 0 Å². The second-order valence-electron chi connectivity index (χ2n) is 12.4. The van der Waals surface area contributed by atoms with Crippen LogP contribution in [0.1, 0.15) is 0 Å². The van der Waals surface area contributed by atoms with Crippen LogP contribution in [0.5, 0.6) is 0 Å². The van der Waals surface area contributed by atoms with Gasteiger partial charge in [0.15, 0.2) is 0 Å². The molecule has 4 heteroatoms. The summed E-state index contributed by atoms with van der Waals surface area (Å²) in [6.45, 7) is 0. The Hall–Kier alpha value is -6.23. The molecule has 230 valence electrons. The van der Waals surface area contributed by atoms with Crippen molar-refractivity contribution in [2.24, 2.45) is 0 Å². The Morgan fingerprint density at radius 1 is 0.490 bits per heavy atom. The molecular formula is C45H28N2OS. The quantitative estimate of drug-likeness (QED) is 0.187. The Morgan fingerprint density at radius 3 is 1.94 bits per heavy atom. The van der Waals surface area contributed by atoms with E-state index in [1.54, 1.807) is 0 Å². The standard InChI is InChI=1S/C45H28N2OS/c1-2-9-29(10-3-1)30-17-21-34(22-18-30)47(39-14-8-16-41-43(39)37-13-6-7-15-40(37)48-41)35-23-19-31(20-24-35)44-45-36(25-26-46-44)38-27-32-11-4-5-12-33(32)28-42(38)49-45/h1-28H. The normalized spacial score (nSPS) is 11.7. The Bertz CT molecular complexity index is 2810. The van der Waals surface area contributed by atoms with Crippen LogP contribution in [-0.2, 0) is 0 Å². The monoisotopic (exact) mass is 644 g/mol. The first-order valence-corrected chi connectivity index (χ1v) is 17.3. The van der Waals surface area contributed by atoms with Gasteiger partial charge in [-0.1, -0.05) is 103 Å². The second kappa shape index (κ2) is 11.2. The maximum atomic E-state index is 6.33. The minimum atomic E-state index is 0.870. The second-order valence-corrected chi connectivity index (χ2v) is 13.4. The molecule has 0 atom stereocenters. The highest BCUT2D eigenvalue weighted by molar-refractivity contribution is 7.26. The topological polar surface area (TPSA) is 29.3 Å². The molecule has 0 unspecified atom stereocenters. The van der Waals surface area contributed by atoms with Crippen molar-refractivity contribution in [3.05, 3.63) is 170 Å². The number of rotatable bonds is 5. The fourth-order valence-electron chi connectivity index (χ4n) is 7.16. The number of aromatic nitrogens is 1. The van der Waals surface area contributed by atoms with E-state index in [9.17, 15) is 0 Å². The Balaban J connectivity index is 1.12. The van der Waals surface area contributed by atoms with Crippen LogP contribution in [0.4, 0.5) is 17.1 Å². The van der Waals surface area contributed by atoms with Crippen LogP contribution in [0, 0.1) is 0 Å². The summed E-state index contributed by atoms with van der Waals surface area (Å²) in [5.74, 6) is 0. The highest BCUT2D eigenvalue weighted by Crippen LogP contribution is 2.45. The molecule has 3 aromatic heterocycles. The van der Waals surface area contributed by atoms with Gasteiger partial charge in [-0.25, -0.2) is 0 Å². The molecule has 0 N–H and O–H groups in total. The molecule has 0 aliphatic rings. The molecule has 7 aromatic carbocycles. The van der Waals surface area contributed by atoms with Crippen molar-refractivity contribution in [3.63, 3.8) is 0 Å². The summed E-state index contributed by atoms with van der Waals surface area (Å²) in [6, 6.07) is 58.1. The van der Waals surface area contributed by atoms with E-state index in [0.717, 1.165) is 50.3 Å². The van der Waals surface area contributed by atoms with Crippen molar-refractivity contribution in [2.75, 3.05) is 4.90 Å². The number of nitrogens with zero attached hydrogens (tertiary/aromatic N) is 2. The number of anilines is 3. The molecule has 10 aromatic rings. The third-order valence-corrected chi connectivity index (χ3v) is 10.7. The number of hydrogen-bond donors (Lipinski definition) is 0. The van der Waals surface area contributed by atoms with E-state index in [4.69, 9.17) is 9.40 Å². The van der Waals surface area contributed by atoms with Crippen molar-refractivity contribution >= 4 is 81.3 Å². The van der Waals surface area contributed by atoms with E-state index in [0.29, 0.717) is 0 Å². The third kappa shape index (κ3) is 4.61. The van der Waals surface area contributed by atoms with Crippen LogP contribution < -0.4 is 4.90 Å². The summed E-state index contributed by atoms with van der Waals surface area (Å²) in [5.41, 5.74) is 9.44. The summed E-state index contributed by atoms with van der Waals surface area (Å²) < 4.78 is 8.82.